The van der Waals surface area contributed by atoms with Crippen LogP contribution < -0.4 is 10.7 Å². The molecule has 1 rings (SSSR count). The van der Waals surface area contributed by atoms with Crippen LogP contribution in [0.15, 0.2) is 39.0 Å². The molecule has 0 aromatic carbocycles. The summed E-state index contributed by atoms with van der Waals surface area (Å²) in [6.45, 7) is 4.16. The van der Waals surface area contributed by atoms with Gasteiger partial charge in [-0.3, -0.25) is 5.43 Å². The second-order valence-electron chi connectivity index (χ2n) is 2.51. The molecule has 1 aromatic rings. The Morgan fingerprint density at radius 1 is 1.67 bits per heavy atom. The predicted octanol–water partition coefficient (Wildman–Crippen LogP) is 2.03. The Kier molecular flexibility index (Phi) is 5.06. The number of furan rings is 1. The van der Waals surface area contributed by atoms with E-state index in [2.05, 4.69) is 38.4 Å². The molecule has 1 heterocycles. The first kappa shape index (κ1) is 11.9. The molecule has 80 valence electrons. The summed E-state index contributed by atoms with van der Waals surface area (Å²) >= 11 is 8.11. The van der Waals surface area contributed by atoms with Crippen LogP contribution in [0.2, 0.25) is 0 Å². The second kappa shape index (κ2) is 6.36. The number of hydrogen-bond donors (Lipinski definition) is 2. The van der Waals surface area contributed by atoms with Crippen molar-refractivity contribution >= 4 is 39.5 Å². The van der Waals surface area contributed by atoms with Gasteiger partial charge in [-0.05, 0) is 40.3 Å². The van der Waals surface area contributed by atoms with Crippen molar-refractivity contribution in [1.82, 2.24) is 10.7 Å². The smallest absolute Gasteiger partial charge is 0.187 e. The van der Waals surface area contributed by atoms with Gasteiger partial charge in [-0.15, -0.1) is 6.58 Å². The van der Waals surface area contributed by atoms with Gasteiger partial charge in [-0.1, -0.05) is 6.08 Å². The molecule has 0 radical (unpaired) electrons. The number of hydrazone groups is 1. The molecular weight excluding hydrogens is 278 g/mol. The number of nitrogens with zero attached hydrogens (tertiary/aromatic N) is 1. The summed E-state index contributed by atoms with van der Waals surface area (Å²) in [5, 5.41) is 7.19. The molecule has 6 heteroatoms. The summed E-state index contributed by atoms with van der Waals surface area (Å²) in [6, 6.07) is 3.57. The maximum Gasteiger partial charge on any atom is 0.187 e. The summed E-state index contributed by atoms with van der Waals surface area (Å²) in [5.74, 6) is 0.640. The first-order valence-electron chi connectivity index (χ1n) is 4.15. The van der Waals surface area contributed by atoms with Crippen molar-refractivity contribution in [2.75, 3.05) is 6.54 Å². The normalized spacial score (nSPS) is 10.2. The monoisotopic (exact) mass is 287 g/mol. The fraction of sp³-hybridized carbons (Fsp3) is 0.111. The molecule has 0 saturated heterocycles. The van der Waals surface area contributed by atoms with E-state index in [9.17, 15) is 0 Å². The highest BCUT2D eigenvalue weighted by molar-refractivity contribution is 9.10. The zero-order valence-electron chi connectivity index (χ0n) is 7.87. The van der Waals surface area contributed by atoms with Crippen LogP contribution in [0, 0.1) is 0 Å². The molecular formula is C9H10BrN3OS. The number of halogens is 1. The van der Waals surface area contributed by atoms with E-state index < -0.39 is 0 Å². The molecule has 0 aliphatic heterocycles. The van der Waals surface area contributed by atoms with Crippen molar-refractivity contribution in [3.05, 3.63) is 35.2 Å². The van der Waals surface area contributed by atoms with E-state index in [1.165, 1.54) is 6.21 Å². The summed E-state index contributed by atoms with van der Waals surface area (Å²) in [6.07, 6.45) is 3.24. The van der Waals surface area contributed by atoms with Crippen LogP contribution in [0.4, 0.5) is 0 Å². The molecule has 15 heavy (non-hydrogen) atoms. The Morgan fingerprint density at radius 3 is 3.07 bits per heavy atom. The molecule has 2 N–H and O–H groups in total. The number of nitrogens with one attached hydrogen (secondary N) is 2. The first-order chi connectivity index (χ1) is 7.22. The van der Waals surface area contributed by atoms with Gasteiger partial charge in [0.15, 0.2) is 9.78 Å². The minimum Gasteiger partial charge on any atom is -0.448 e. The fourth-order valence-corrected chi connectivity index (χ4v) is 1.21. The minimum atomic E-state index is 0.441. The lowest BCUT2D eigenvalue weighted by Gasteiger charge is -2.02. The van der Waals surface area contributed by atoms with Crippen LogP contribution in [0.3, 0.4) is 0 Å². The predicted molar refractivity (Wildman–Crippen MR) is 67.9 cm³/mol. The Balaban J connectivity index is 2.33. The van der Waals surface area contributed by atoms with Gasteiger partial charge in [0.25, 0.3) is 0 Å². The molecule has 0 saturated carbocycles. The lowest BCUT2D eigenvalue weighted by Crippen LogP contribution is -2.31. The standard InChI is InChI=1S/C9H10BrN3OS/c1-2-5-11-9(15)13-12-6-7-3-4-8(10)14-7/h2-4,6H,1,5H2,(H2,11,13,15)/b12-6+. The summed E-state index contributed by atoms with van der Waals surface area (Å²) in [7, 11) is 0. The average Bonchev–Trinajstić information content (AvgIpc) is 2.61. The molecule has 0 aliphatic rings. The van der Waals surface area contributed by atoms with E-state index in [1.807, 2.05) is 0 Å². The van der Waals surface area contributed by atoms with Gasteiger partial charge in [0, 0.05) is 6.54 Å². The molecule has 0 fully saturated rings. The summed E-state index contributed by atoms with van der Waals surface area (Å²) in [5.41, 5.74) is 2.64. The Labute approximate surface area is 102 Å². The molecule has 1 aromatic heterocycles. The molecule has 0 atom stereocenters. The van der Waals surface area contributed by atoms with Crippen LogP contribution in [0.5, 0.6) is 0 Å². The van der Waals surface area contributed by atoms with Gasteiger partial charge >= 0.3 is 0 Å². The minimum absolute atomic E-state index is 0.441. The van der Waals surface area contributed by atoms with Gasteiger partial charge in [-0.2, -0.15) is 5.10 Å². The summed E-state index contributed by atoms with van der Waals surface area (Å²) < 4.78 is 5.86. The van der Waals surface area contributed by atoms with E-state index in [-0.39, 0.29) is 0 Å². The number of hydrogen-bond acceptors (Lipinski definition) is 3. The van der Waals surface area contributed by atoms with E-state index in [0.717, 1.165) is 0 Å². The summed E-state index contributed by atoms with van der Waals surface area (Å²) in [4.78, 5) is 0. The lowest BCUT2D eigenvalue weighted by atomic mass is 10.5. The van der Waals surface area contributed by atoms with Crippen molar-refractivity contribution in [1.29, 1.82) is 0 Å². The second-order valence-corrected chi connectivity index (χ2v) is 3.70. The lowest BCUT2D eigenvalue weighted by molar-refractivity contribution is 0.534. The van der Waals surface area contributed by atoms with Gasteiger partial charge in [0.05, 0.1) is 6.21 Å². The average molecular weight is 288 g/mol. The molecule has 0 bridgehead atoms. The van der Waals surface area contributed by atoms with Gasteiger partial charge in [0.2, 0.25) is 0 Å². The van der Waals surface area contributed by atoms with Crippen molar-refractivity contribution in [2.24, 2.45) is 5.10 Å². The topological polar surface area (TPSA) is 49.6 Å². The van der Waals surface area contributed by atoms with Gasteiger partial charge in [-0.25, -0.2) is 0 Å². The molecule has 0 spiro atoms. The van der Waals surface area contributed by atoms with E-state index in [4.69, 9.17) is 16.6 Å². The Morgan fingerprint density at radius 2 is 2.47 bits per heavy atom. The van der Waals surface area contributed by atoms with Crippen LogP contribution >= 0.6 is 28.1 Å². The third-order valence-electron chi connectivity index (χ3n) is 1.36. The Hall–Kier alpha value is -1.14. The largest absolute Gasteiger partial charge is 0.448 e. The highest BCUT2D eigenvalue weighted by atomic mass is 79.9. The fourth-order valence-electron chi connectivity index (χ4n) is 0.757. The third kappa shape index (κ3) is 4.75. The van der Waals surface area contributed by atoms with Crippen molar-refractivity contribution in [3.63, 3.8) is 0 Å². The molecule has 0 unspecified atom stereocenters. The third-order valence-corrected chi connectivity index (χ3v) is 2.02. The zero-order chi connectivity index (χ0) is 11.1. The van der Waals surface area contributed by atoms with Crippen LogP contribution in [0.1, 0.15) is 5.76 Å². The quantitative estimate of drug-likeness (QED) is 0.385. The van der Waals surface area contributed by atoms with E-state index in [0.29, 0.717) is 22.1 Å². The molecule has 4 nitrogen and oxygen atoms in total. The maximum absolute atomic E-state index is 5.19. The van der Waals surface area contributed by atoms with E-state index >= 15 is 0 Å². The van der Waals surface area contributed by atoms with Crippen molar-refractivity contribution < 1.29 is 4.42 Å². The SMILES string of the molecule is C=CCNC(=S)N/N=C/c1ccc(Br)o1. The van der Waals surface area contributed by atoms with Crippen molar-refractivity contribution in [3.8, 4) is 0 Å². The van der Waals surface area contributed by atoms with Gasteiger partial charge < -0.3 is 9.73 Å². The highest BCUT2D eigenvalue weighted by Crippen LogP contribution is 2.11. The first-order valence-corrected chi connectivity index (χ1v) is 5.35. The van der Waals surface area contributed by atoms with Crippen molar-refractivity contribution in [2.45, 2.75) is 0 Å². The maximum atomic E-state index is 5.19. The highest BCUT2D eigenvalue weighted by Gasteiger charge is 1.94. The van der Waals surface area contributed by atoms with Crippen LogP contribution in [-0.2, 0) is 0 Å². The Bertz CT molecular complexity index is 375. The van der Waals surface area contributed by atoms with E-state index in [1.54, 1.807) is 18.2 Å². The molecule has 0 aliphatic carbocycles. The zero-order valence-corrected chi connectivity index (χ0v) is 10.3. The number of rotatable bonds is 4. The van der Waals surface area contributed by atoms with Crippen LogP contribution in [-0.4, -0.2) is 17.9 Å². The van der Waals surface area contributed by atoms with Crippen LogP contribution in [0.25, 0.3) is 0 Å². The molecule has 0 amide bonds. The van der Waals surface area contributed by atoms with Gasteiger partial charge in [0.1, 0.15) is 5.76 Å². The number of thiocarbonyl (C=S) groups is 1.